The van der Waals surface area contributed by atoms with Gasteiger partial charge in [-0.05, 0) is 61.2 Å². The lowest BCUT2D eigenvalue weighted by atomic mass is 10.0. The number of carbonyl (C=O) groups is 1. The van der Waals surface area contributed by atoms with E-state index in [1.54, 1.807) is 5.38 Å². The first-order valence-electron chi connectivity index (χ1n) is 10.7. The number of hydrogen-bond donors (Lipinski definition) is 2. The summed E-state index contributed by atoms with van der Waals surface area (Å²) in [6, 6.07) is 9.57. The Morgan fingerprint density at radius 1 is 1.06 bits per heavy atom. The second-order valence-corrected chi connectivity index (χ2v) is 13.1. The summed E-state index contributed by atoms with van der Waals surface area (Å²) in [5, 5.41) is 4.62. The maximum Gasteiger partial charge on any atom is 0.263 e. The zero-order valence-electron chi connectivity index (χ0n) is 18.6. The number of sulfonamides is 2. The number of nitrogens with one attached hydrogen (secondary N) is 2. The molecule has 2 heterocycles. The van der Waals surface area contributed by atoms with E-state index in [4.69, 9.17) is 11.6 Å². The molecular formula is C22H23ClN4O5S3. The van der Waals surface area contributed by atoms with E-state index < -0.39 is 26.0 Å². The summed E-state index contributed by atoms with van der Waals surface area (Å²) >= 11 is 7.35. The zero-order valence-corrected chi connectivity index (χ0v) is 21.8. The molecule has 13 heteroatoms. The topological polar surface area (TPSA) is 126 Å². The maximum atomic E-state index is 13.1. The highest BCUT2D eigenvalue weighted by Crippen LogP contribution is 2.27. The first-order valence-corrected chi connectivity index (χ1v) is 14.9. The summed E-state index contributed by atoms with van der Waals surface area (Å²) in [6.07, 6.45) is 3.05. The second kappa shape index (κ2) is 10.2. The quantitative estimate of drug-likeness (QED) is 0.449. The molecule has 186 valence electrons. The largest absolute Gasteiger partial charge is 0.322 e. The third kappa shape index (κ3) is 5.84. The van der Waals surface area contributed by atoms with Crippen LogP contribution in [0.4, 0.5) is 10.8 Å². The molecule has 1 amide bonds. The van der Waals surface area contributed by atoms with Crippen LogP contribution >= 0.6 is 22.9 Å². The van der Waals surface area contributed by atoms with E-state index in [1.807, 2.05) is 0 Å². The van der Waals surface area contributed by atoms with E-state index in [0.29, 0.717) is 24.7 Å². The highest BCUT2D eigenvalue weighted by Gasteiger charge is 2.29. The molecule has 0 bridgehead atoms. The Labute approximate surface area is 213 Å². The average Bonchev–Trinajstić information content (AvgIpc) is 3.32. The van der Waals surface area contributed by atoms with Gasteiger partial charge in [-0.2, -0.15) is 4.31 Å². The van der Waals surface area contributed by atoms with Crippen LogP contribution in [-0.2, 0) is 20.0 Å². The number of benzene rings is 2. The molecule has 2 N–H and O–H groups in total. The summed E-state index contributed by atoms with van der Waals surface area (Å²) in [5.41, 5.74) is 0.317. The number of nitrogens with zero attached hydrogens (tertiary/aromatic N) is 2. The van der Waals surface area contributed by atoms with Gasteiger partial charge in [0.25, 0.3) is 15.9 Å². The molecular weight excluding hydrogens is 532 g/mol. The maximum absolute atomic E-state index is 13.1. The van der Waals surface area contributed by atoms with Crippen molar-refractivity contribution in [3.8, 4) is 0 Å². The molecule has 1 aliphatic rings. The molecule has 0 radical (unpaired) electrons. The van der Waals surface area contributed by atoms with Gasteiger partial charge in [0.2, 0.25) is 10.0 Å². The summed E-state index contributed by atoms with van der Waals surface area (Å²) in [7, 11) is -7.59. The lowest BCUT2D eigenvalue weighted by Crippen LogP contribution is -2.37. The van der Waals surface area contributed by atoms with Gasteiger partial charge in [-0.15, -0.1) is 11.3 Å². The van der Waals surface area contributed by atoms with Crippen molar-refractivity contribution >= 4 is 59.7 Å². The van der Waals surface area contributed by atoms with Crippen LogP contribution < -0.4 is 10.0 Å². The molecule has 0 unspecified atom stereocenters. The van der Waals surface area contributed by atoms with Gasteiger partial charge < -0.3 is 5.32 Å². The third-order valence-corrected chi connectivity index (χ3v) is 10.0. The van der Waals surface area contributed by atoms with E-state index in [1.165, 1.54) is 53.0 Å². The highest BCUT2D eigenvalue weighted by molar-refractivity contribution is 7.93. The van der Waals surface area contributed by atoms with Crippen LogP contribution in [0.1, 0.15) is 30.1 Å². The van der Waals surface area contributed by atoms with Gasteiger partial charge in [-0.1, -0.05) is 18.5 Å². The zero-order chi connectivity index (χ0) is 25.2. The Bertz CT molecular complexity index is 1420. The van der Waals surface area contributed by atoms with Crippen molar-refractivity contribution in [3.63, 3.8) is 0 Å². The van der Waals surface area contributed by atoms with Crippen molar-refractivity contribution in [3.05, 3.63) is 64.6 Å². The fourth-order valence-electron chi connectivity index (χ4n) is 3.58. The van der Waals surface area contributed by atoms with Gasteiger partial charge in [0.05, 0.1) is 20.4 Å². The Morgan fingerprint density at radius 3 is 2.34 bits per heavy atom. The monoisotopic (exact) mass is 554 g/mol. The fraction of sp³-hybridized carbons (Fsp3) is 0.273. The molecule has 0 aliphatic carbocycles. The number of anilines is 2. The van der Waals surface area contributed by atoms with Gasteiger partial charge >= 0.3 is 0 Å². The Hall–Kier alpha value is -2.51. The minimum absolute atomic E-state index is 0.000235. The summed E-state index contributed by atoms with van der Waals surface area (Å²) in [6.45, 7) is 2.95. The molecule has 0 spiro atoms. The SMILES string of the molecule is CC1CCN(S(=O)(=O)c2ccc(Cl)c(C(=O)Nc3ccc(S(=O)(=O)Nc4nccs4)cc3)c2)CC1. The molecule has 1 saturated heterocycles. The van der Waals surface area contributed by atoms with Crippen LogP contribution in [0.5, 0.6) is 0 Å². The molecule has 35 heavy (non-hydrogen) atoms. The number of thiazole rings is 1. The minimum Gasteiger partial charge on any atom is -0.322 e. The van der Waals surface area contributed by atoms with Gasteiger partial charge in [0, 0.05) is 30.4 Å². The summed E-state index contributed by atoms with van der Waals surface area (Å²) in [4.78, 5) is 16.8. The van der Waals surface area contributed by atoms with E-state index in [0.717, 1.165) is 24.2 Å². The molecule has 3 aromatic rings. The molecule has 0 saturated carbocycles. The minimum atomic E-state index is -3.83. The lowest BCUT2D eigenvalue weighted by molar-refractivity contribution is 0.102. The van der Waals surface area contributed by atoms with Crippen LogP contribution in [0.15, 0.2) is 63.8 Å². The Balaban J connectivity index is 1.50. The van der Waals surface area contributed by atoms with Gasteiger partial charge in [-0.3, -0.25) is 9.52 Å². The summed E-state index contributed by atoms with van der Waals surface area (Å²) < 4.78 is 54.9. The van der Waals surface area contributed by atoms with Crippen LogP contribution in [0, 0.1) is 5.92 Å². The van der Waals surface area contributed by atoms with Crippen LogP contribution in [0.2, 0.25) is 5.02 Å². The predicted octanol–water partition coefficient (Wildman–Crippen LogP) is 4.27. The first kappa shape index (κ1) is 25.6. The molecule has 1 aromatic heterocycles. The number of rotatable bonds is 7. The van der Waals surface area contributed by atoms with Crippen molar-refractivity contribution in [2.24, 2.45) is 5.92 Å². The normalized spacial score (nSPS) is 15.6. The van der Waals surface area contributed by atoms with E-state index in [2.05, 4.69) is 21.9 Å². The van der Waals surface area contributed by atoms with Crippen LogP contribution in [0.3, 0.4) is 0 Å². The Kier molecular flexibility index (Phi) is 7.48. The average molecular weight is 555 g/mol. The van der Waals surface area contributed by atoms with Crippen molar-refractivity contribution in [2.45, 2.75) is 29.6 Å². The van der Waals surface area contributed by atoms with Crippen LogP contribution in [0.25, 0.3) is 0 Å². The van der Waals surface area contributed by atoms with Crippen molar-refractivity contribution in [2.75, 3.05) is 23.1 Å². The third-order valence-electron chi connectivity index (χ3n) is 5.64. The summed E-state index contributed by atoms with van der Waals surface area (Å²) in [5.74, 6) is -0.145. The van der Waals surface area contributed by atoms with Crippen molar-refractivity contribution in [1.29, 1.82) is 0 Å². The Morgan fingerprint density at radius 2 is 1.71 bits per heavy atom. The second-order valence-electron chi connectivity index (χ2n) is 8.15. The molecule has 1 fully saturated rings. The standard InChI is InChI=1S/C22H23ClN4O5S3/c1-15-8-11-27(12-9-15)35(31,32)18-6-7-20(23)19(14-18)21(28)25-16-2-4-17(5-3-16)34(29,30)26-22-24-10-13-33-22/h2-7,10,13-15H,8-9,11-12H2,1H3,(H,24,26)(H,25,28). The number of halogens is 1. The smallest absolute Gasteiger partial charge is 0.263 e. The van der Waals surface area contributed by atoms with Crippen LogP contribution in [-0.4, -0.2) is 45.1 Å². The highest BCUT2D eigenvalue weighted by atomic mass is 35.5. The number of aromatic nitrogens is 1. The lowest BCUT2D eigenvalue weighted by Gasteiger charge is -2.29. The molecule has 2 aromatic carbocycles. The number of hydrogen-bond acceptors (Lipinski definition) is 7. The number of piperidine rings is 1. The molecule has 4 rings (SSSR count). The molecule has 9 nitrogen and oxygen atoms in total. The van der Waals surface area contributed by atoms with E-state index in [9.17, 15) is 21.6 Å². The van der Waals surface area contributed by atoms with Gasteiger partial charge in [-0.25, -0.2) is 21.8 Å². The number of carbonyl (C=O) groups excluding carboxylic acids is 1. The van der Waals surface area contributed by atoms with E-state index in [-0.39, 0.29) is 25.5 Å². The number of amides is 1. The molecule has 1 aliphatic heterocycles. The van der Waals surface area contributed by atoms with Gasteiger partial charge in [0.15, 0.2) is 5.13 Å². The van der Waals surface area contributed by atoms with Crippen molar-refractivity contribution < 1.29 is 21.6 Å². The van der Waals surface area contributed by atoms with E-state index >= 15 is 0 Å². The predicted molar refractivity (Wildman–Crippen MR) is 136 cm³/mol. The first-order chi connectivity index (χ1) is 16.6. The van der Waals surface area contributed by atoms with Gasteiger partial charge in [0.1, 0.15) is 0 Å². The molecule has 0 atom stereocenters. The fourth-order valence-corrected chi connectivity index (χ4v) is 7.07. The van der Waals surface area contributed by atoms with Crippen molar-refractivity contribution in [1.82, 2.24) is 9.29 Å².